The van der Waals surface area contributed by atoms with Crippen molar-refractivity contribution in [1.82, 2.24) is 15.6 Å². The first-order valence-corrected chi connectivity index (χ1v) is 8.56. The van der Waals surface area contributed by atoms with Crippen molar-refractivity contribution in [1.29, 1.82) is 0 Å². The molecular formula is C19H27N3O4. The van der Waals surface area contributed by atoms with Gasteiger partial charge in [-0.3, -0.25) is 4.79 Å². The monoisotopic (exact) mass is 361 g/mol. The summed E-state index contributed by atoms with van der Waals surface area (Å²) in [5.41, 5.74) is 1.42. The number of nitrogens with one attached hydrogen (secondary N) is 3. The van der Waals surface area contributed by atoms with Crippen LogP contribution in [0.4, 0.5) is 4.79 Å². The van der Waals surface area contributed by atoms with Crippen molar-refractivity contribution < 1.29 is 19.1 Å². The average Bonchev–Trinajstić information content (AvgIpc) is 2.92. The molecule has 0 aliphatic rings. The Morgan fingerprint density at radius 2 is 2.00 bits per heavy atom. The fraction of sp³-hybridized carbons (Fsp3) is 0.474. The first-order valence-electron chi connectivity index (χ1n) is 8.56. The topological polar surface area (TPSA) is 92.5 Å². The molecule has 0 aliphatic carbocycles. The summed E-state index contributed by atoms with van der Waals surface area (Å²) in [6.45, 7) is 7.18. The third-order valence-corrected chi connectivity index (χ3v) is 3.76. The van der Waals surface area contributed by atoms with Gasteiger partial charge in [-0.2, -0.15) is 0 Å². The van der Waals surface area contributed by atoms with Crippen molar-refractivity contribution >= 4 is 22.9 Å². The average molecular weight is 361 g/mol. The zero-order chi connectivity index (χ0) is 19.3. The molecule has 0 unspecified atom stereocenters. The van der Waals surface area contributed by atoms with E-state index in [9.17, 15) is 9.59 Å². The lowest BCUT2D eigenvalue weighted by molar-refractivity contribution is -0.119. The van der Waals surface area contributed by atoms with Crippen molar-refractivity contribution in [2.24, 2.45) is 0 Å². The quantitative estimate of drug-likeness (QED) is 0.738. The van der Waals surface area contributed by atoms with Crippen LogP contribution in [0.1, 0.15) is 33.3 Å². The summed E-state index contributed by atoms with van der Waals surface area (Å²) in [6.07, 6.45) is 1.93. The van der Waals surface area contributed by atoms with Crippen LogP contribution in [0.2, 0.25) is 0 Å². The highest BCUT2D eigenvalue weighted by Crippen LogP contribution is 2.24. The SMILES string of the molecule is COc1ccc2[nH]cc(C[C@H](CNC(C)=O)NC(=O)OC(C)(C)C)c2c1. The molecule has 0 saturated heterocycles. The van der Waals surface area contributed by atoms with E-state index in [-0.39, 0.29) is 11.9 Å². The van der Waals surface area contributed by atoms with Crippen LogP contribution in [0.3, 0.4) is 0 Å². The zero-order valence-electron chi connectivity index (χ0n) is 15.9. The second-order valence-electron chi connectivity index (χ2n) is 7.21. The van der Waals surface area contributed by atoms with E-state index in [0.29, 0.717) is 13.0 Å². The number of methoxy groups -OCH3 is 1. The highest BCUT2D eigenvalue weighted by Gasteiger charge is 2.21. The van der Waals surface area contributed by atoms with Gasteiger partial charge in [-0.1, -0.05) is 0 Å². The number of benzene rings is 1. The number of carbonyl (C=O) groups is 2. The summed E-state index contributed by atoms with van der Waals surface area (Å²) in [6, 6.07) is 5.47. The predicted molar refractivity (Wildman–Crippen MR) is 100 cm³/mol. The smallest absolute Gasteiger partial charge is 0.407 e. The van der Waals surface area contributed by atoms with Gasteiger partial charge >= 0.3 is 6.09 Å². The molecule has 7 nitrogen and oxygen atoms in total. The number of hydrogen-bond donors (Lipinski definition) is 3. The van der Waals surface area contributed by atoms with Crippen LogP contribution < -0.4 is 15.4 Å². The molecule has 0 bridgehead atoms. The number of ether oxygens (including phenoxy) is 2. The lowest BCUT2D eigenvalue weighted by Gasteiger charge is -2.23. The summed E-state index contributed by atoms with van der Waals surface area (Å²) in [5, 5.41) is 6.61. The number of alkyl carbamates (subject to hydrolysis) is 1. The minimum Gasteiger partial charge on any atom is -0.497 e. The van der Waals surface area contributed by atoms with Crippen molar-refractivity contribution in [3.63, 3.8) is 0 Å². The van der Waals surface area contributed by atoms with Crippen LogP contribution in [-0.4, -0.2) is 42.3 Å². The summed E-state index contributed by atoms with van der Waals surface area (Å²) in [5.74, 6) is 0.610. The molecule has 0 spiro atoms. The molecule has 7 heteroatoms. The molecule has 2 rings (SSSR count). The van der Waals surface area contributed by atoms with E-state index in [2.05, 4.69) is 15.6 Å². The first-order chi connectivity index (χ1) is 12.2. The molecular weight excluding hydrogens is 334 g/mol. The van der Waals surface area contributed by atoms with E-state index in [0.717, 1.165) is 22.2 Å². The third kappa shape index (κ3) is 5.68. The number of aromatic amines is 1. The summed E-state index contributed by atoms with van der Waals surface area (Å²) >= 11 is 0. The van der Waals surface area contributed by atoms with Gasteiger partial charge < -0.3 is 25.1 Å². The van der Waals surface area contributed by atoms with Crippen molar-refractivity contribution in [2.45, 2.75) is 45.8 Å². The fourth-order valence-corrected chi connectivity index (χ4v) is 2.63. The Hall–Kier alpha value is -2.70. The van der Waals surface area contributed by atoms with E-state index in [1.54, 1.807) is 27.9 Å². The number of aromatic nitrogens is 1. The van der Waals surface area contributed by atoms with Gasteiger partial charge in [-0.15, -0.1) is 0 Å². The number of amides is 2. The highest BCUT2D eigenvalue weighted by molar-refractivity contribution is 5.84. The first kappa shape index (κ1) is 19.6. The van der Waals surface area contributed by atoms with Gasteiger partial charge in [0.25, 0.3) is 0 Å². The molecule has 142 valence electrons. The van der Waals surface area contributed by atoms with Crippen LogP contribution in [0.25, 0.3) is 10.9 Å². The third-order valence-electron chi connectivity index (χ3n) is 3.76. The molecule has 1 aromatic heterocycles. The fourth-order valence-electron chi connectivity index (χ4n) is 2.63. The van der Waals surface area contributed by atoms with Crippen molar-refractivity contribution in [2.75, 3.05) is 13.7 Å². The maximum absolute atomic E-state index is 12.1. The van der Waals surface area contributed by atoms with E-state index < -0.39 is 11.7 Å². The Balaban J connectivity index is 2.17. The van der Waals surface area contributed by atoms with Crippen LogP contribution in [0, 0.1) is 0 Å². The number of carbonyl (C=O) groups excluding carboxylic acids is 2. The molecule has 2 aromatic rings. The van der Waals surface area contributed by atoms with Crippen molar-refractivity contribution in [3.05, 3.63) is 30.0 Å². The zero-order valence-corrected chi connectivity index (χ0v) is 15.9. The van der Waals surface area contributed by atoms with Gasteiger partial charge in [0, 0.05) is 30.6 Å². The second-order valence-corrected chi connectivity index (χ2v) is 7.21. The van der Waals surface area contributed by atoms with E-state index >= 15 is 0 Å². The number of rotatable bonds is 6. The molecule has 0 radical (unpaired) electrons. The number of fused-ring (bicyclic) bond motifs is 1. The van der Waals surface area contributed by atoms with Crippen molar-refractivity contribution in [3.8, 4) is 5.75 Å². The summed E-state index contributed by atoms with van der Waals surface area (Å²) < 4.78 is 10.6. The maximum Gasteiger partial charge on any atom is 0.407 e. The minimum absolute atomic E-state index is 0.151. The molecule has 1 heterocycles. The Morgan fingerprint density at radius 3 is 2.62 bits per heavy atom. The van der Waals surface area contributed by atoms with Crippen LogP contribution in [0.15, 0.2) is 24.4 Å². The highest BCUT2D eigenvalue weighted by atomic mass is 16.6. The van der Waals surface area contributed by atoms with Gasteiger partial charge in [-0.25, -0.2) is 4.79 Å². The molecule has 1 atom stereocenters. The summed E-state index contributed by atoms with van der Waals surface area (Å²) in [4.78, 5) is 26.6. The Labute approximate surface area is 153 Å². The van der Waals surface area contributed by atoms with Gasteiger partial charge in [0.05, 0.1) is 13.2 Å². The lowest BCUT2D eigenvalue weighted by Crippen LogP contribution is -2.46. The molecule has 3 N–H and O–H groups in total. The number of hydrogen-bond acceptors (Lipinski definition) is 4. The van der Waals surface area contributed by atoms with Gasteiger partial charge in [0.1, 0.15) is 11.4 Å². The van der Waals surface area contributed by atoms with E-state index in [4.69, 9.17) is 9.47 Å². The maximum atomic E-state index is 12.1. The van der Waals surface area contributed by atoms with Gasteiger partial charge in [-0.05, 0) is 51.0 Å². The molecule has 26 heavy (non-hydrogen) atoms. The summed E-state index contributed by atoms with van der Waals surface area (Å²) in [7, 11) is 1.62. The number of H-pyrrole nitrogens is 1. The minimum atomic E-state index is -0.587. The van der Waals surface area contributed by atoms with Crippen LogP contribution in [0.5, 0.6) is 5.75 Å². The van der Waals surface area contributed by atoms with Crippen LogP contribution >= 0.6 is 0 Å². The molecule has 0 aliphatic heterocycles. The lowest BCUT2D eigenvalue weighted by atomic mass is 10.0. The molecule has 0 fully saturated rings. The second kappa shape index (κ2) is 8.12. The van der Waals surface area contributed by atoms with Crippen LogP contribution in [-0.2, 0) is 16.0 Å². The molecule has 2 amide bonds. The Kier molecular flexibility index (Phi) is 6.13. The largest absolute Gasteiger partial charge is 0.497 e. The standard InChI is InChI=1S/C19H27N3O4/c1-12(23)20-11-14(22-18(24)26-19(2,3)4)8-13-10-21-17-7-6-15(25-5)9-16(13)17/h6-7,9-10,14,21H,8,11H2,1-5H3,(H,20,23)(H,22,24)/t14-/m1/s1. The van der Waals surface area contributed by atoms with Gasteiger partial charge in [0.15, 0.2) is 0 Å². The Morgan fingerprint density at radius 1 is 1.27 bits per heavy atom. The predicted octanol–water partition coefficient (Wildman–Crippen LogP) is 2.75. The van der Waals surface area contributed by atoms with E-state index in [1.165, 1.54) is 6.92 Å². The van der Waals surface area contributed by atoms with Gasteiger partial charge in [0.2, 0.25) is 5.91 Å². The molecule has 0 saturated carbocycles. The normalized spacial score (nSPS) is 12.5. The Bertz CT molecular complexity index is 777. The molecule has 1 aromatic carbocycles. The van der Waals surface area contributed by atoms with E-state index in [1.807, 2.05) is 24.4 Å².